The Labute approximate surface area is 115 Å². The van der Waals surface area contributed by atoms with Crippen molar-refractivity contribution in [2.45, 2.75) is 16.5 Å². The standard InChI is InChI=1S/C11H13N3O3S2/c1-18-10-4-2-9(3-5-10)14-19(16,17)11-8(7-15)6-12-13-11/h2-6,14-15H,7H2,1H3,(H,12,13). The molecule has 0 radical (unpaired) electrons. The van der Waals surface area contributed by atoms with Gasteiger partial charge in [-0.05, 0) is 30.5 Å². The number of aliphatic hydroxyl groups excluding tert-OH is 1. The van der Waals surface area contributed by atoms with Crippen LogP contribution in [0.15, 0.2) is 40.4 Å². The first-order valence-electron chi connectivity index (χ1n) is 5.37. The lowest BCUT2D eigenvalue weighted by Crippen LogP contribution is -2.15. The van der Waals surface area contributed by atoms with Crippen LogP contribution in [0.1, 0.15) is 5.56 Å². The summed E-state index contributed by atoms with van der Waals surface area (Å²) in [6.45, 7) is -0.391. The number of nitrogens with zero attached hydrogens (tertiary/aromatic N) is 1. The Morgan fingerprint density at radius 1 is 1.37 bits per heavy atom. The number of sulfonamides is 1. The lowest BCUT2D eigenvalue weighted by Gasteiger charge is -2.08. The molecule has 1 aromatic carbocycles. The molecule has 8 heteroatoms. The molecule has 2 aromatic rings. The van der Waals surface area contributed by atoms with Crippen molar-refractivity contribution in [3.8, 4) is 0 Å². The number of aromatic nitrogens is 2. The van der Waals surface area contributed by atoms with E-state index in [-0.39, 0.29) is 10.6 Å². The zero-order valence-electron chi connectivity index (χ0n) is 10.1. The van der Waals surface area contributed by atoms with Gasteiger partial charge < -0.3 is 5.11 Å². The number of aliphatic hydroxyl groups is 1. The molecule has 0 aliphatic carbocycles. The summed E-state index contributed by atoms with van der Waals surface area (Å²) < 4.78 is 26.6. The minimum atomic E-state index is -3.77. The van der Waals surface area contributed by atoms with Crippen molar-refractivity contribution in [2.24, 2.45) is 0 Å². The normalized spacial score (nSPS) is 11.5. The number of hydrogen-bond acceptors (Lipinski definition) is 5. The highest BCUT2D eigenvalue weighted by Gasteiger charge is 2.20. The van der Waals surface area contributed by atoms with Crippen molar-refractivity contribution in [1.82, 2.24) is 10.2 Å². The summed E-state index contributed by atoms with van der Waals surface area (Å²) in [6.07, 6.45) is 3.22. The van der Waals surface area contributed by atoms with Crippen LogP contribution in [0.4, 0.5) is 5.69 Å². The molecule has 0 saturated carbocycles. The van der Waals surface area contributed by atoms with Gasteiger partial charge in [-0.1, -0.05) is 0 Å². The first-order chi connectivity index (χ1) is 9.06. The van der Waals surface area contributed by atoms with Gasteiger partial charge in [0.1, 0.15) is 0 Å². The SMILES string of the molecule is CSc1ccc(NS(=O)(=O)c2[nH]ncc2CO)cc1. The predicted octanol–water partition coefficient (Wildman–Crippen LogP) is 1.42. The predicted molar refractivity (Wildman–Crippen MR) is 73.5 cm³/mol. The van der Waals surface area contributed by atoms with Gasteiger partial charge in [0.05, 0.1) is 12.8 Å². The van der Waals surface area contributed by atoms with Crippen LogP contribution >= 0.6 is 11.8 Å². The molecule has 1 aromatic heterocycles. The van der Waals surface area contributed by atoms with E-state index in [1.165, 1.54) is 6.20 Å². The average molecular weight is 299 g/mol. The fourth-order valence-electron chi connectivity index (χ4n) is 1.51. The summed E-state index contributed by atoms with van der Waals surface area (Å²) >= 11 is 1.57. The van der Waals surface area contributed by atoms with Gasteiger partial charge in [0.15, 0.2) is 5.03 Å². The van der Waals surface area contributed by atoms with Gasteiger partial charge in [0, 0.05) is 16.1 Å². The van der Waals surface area contributed by atoms with Crippen LogP contribution in [0.5, 0.6) is 0 Å². The van der Waals surface area contributed by atoms with Crippen molar-refractivity contribution < 1.29 is 13.5 Å². The third-order valence-electron chi connectivity index (χ3n) is 2.46. The third kappa shape index (κ3) is 3.09. The second kappa shape index (κ2) is 5.64. The monoisotopic (exact) mass is 299 g/mol. The molecule has 2 rings (SSSR count). The number of thioether (sulfide) groups is 1. The second-order valence-electron chi connectivity index (χ2n) is 3.72. The molecular weight excluding hydrogens is 286 g/mol. The Bertz CT molecular complexity index is 650. The molecule has 0 spiro atoms. The third-order valence-corrected chi connectivity index (χ3v) is 4.60. The maximum Gasteiger partial charge on any atom is 0.279 e. The first kappa shape index (κ1) is 13.9. The molecule has 0 unspecified atom stereocenters. The van der Waals surface area contributed by atoms with Gasteiger partial charge in [0.2, 0.25) is 0 Å². The molecule has 1 heterocycles. The number of benzene rings is 1. The molecular formula is C11H13N3O3S2. The van der Waals surface area contributed by atoms with E-state index in [1.54, 1.807) is 23.9 Å². The van der Waals surface area contributed by atoms with Crippen molar-refractivity contribution in [2.75, 3.05) is 11.0 Å². The van der Waals surface area contributed by atoms with Gasteiger partial charge in [-0.2, -0.15) is 13.5 Å². The Kier molecular flexibility index (Phi) is 4.13. The van der Waals surface area contributed by atoms with Gasteiger partial charge in [-0.3, -0.25) is 9.82 Å². The van der Waals surface area contributed by atoms with E-state index in [9.17, 15) is 8.42 Å². The van der Waals surface area contributed by atoms with E-state index in [0.29, 0.717) is 5.69 Å². The average Bonchev–Trinajstić information content (AvgIpc) is 2.88. The molecule has 19 heavy (non-hydrogen) atoms. The van der Waals surface area contributed by atoms with E-state index in [0.717, 1.165) is 4.90 Å². The number of rotatable bonds is 5. The number of hydrogen-bond donors (Lipinski definition) is 3. The molecule has 0 saturated heterocycles. The smallest absolute Gasteiger partial charge is 0.279 e. The van der Waals surface area contributed by atoms with Gasteiger partial charge in [-0.25, -0.2) is 0 Å². The van der Waals surface area contributed by atoms with Crippen LogP contribution in [0, 0.1) is 0 Å². The fraction of sp³-hybridized carbons (Fsp3) is 0.182. The van der Waals surface area contributed by atoms with Crippen LogP contribution < -0.4 is 4.72 Å². The minimum absolute atomic E-state index is 0.121. The largest absolute Gasteiger partial charge is 0.392 e. The zero-order chi connectivity index (χ0) is 13.9. The van der Waals surface area contributed by atoms with Crippen molar-refractivity contribution in [3.05, 3.63) is 36.0 Å². The fourth-order valence-corrected chi connectivity index (χ4v) is 3.10. The van der Waals surface area contributed by atoms with E-state index in [1.807, 2.05) is 18.4 Å². The number of aromatic amines is 1. The summed E-state index contributed by atoms with van der Waals surface area (Å²) in [7, 11) is -3.77. The molecule has 0 bridgehead atoms. The molecule has 3 N–H and O–H groups in total. The van der Waals surface area contributed by atoms with Gasteiger partial charge >= 0.3 is 0 Å². The Hall–Kier alpha value is -1.51. The highest BCUT2D eigenvalue weighted by molar-refractivity contribution is 7.98. The molecule has 0 atom stereocenters. The van der Waals surface area contributed by atoms with Crippen LogP contribution in [-0.2, 0) is 16.6 Å². The summed E-state index contributed by atoms with van der Waals surface area (Å²) in [5, 5.41) is 14.9. The van der Waals surface area contributed by atoms with Crippen LogP contribution in [0.3, 0.4) is 0 Å². The van der Waals surface area contributed by atoms with Crippen molar-refractivity contribution in [3.63, 3.8) is 0 Å². The quantitative estimate of drug-likeness (QED) is 0.726. The number of H-pyrrole nitrogens is 1. The van der Waals surface area contributed by atoms with E-state index < -0.39 is 16.6 Å². The molecule has 0 aliphatic heterocycles. The van der Waals surface area contributed by atoms with E-state index in [2.05, 4.69) is 14.9 Å². The summed E-state index contributed by atoms with van der Waals surface area (Å²) in [6, 6.07) is 7.00. The van der Waals surface area contributed by atoms with Crippen LogP contribution in [-0.4, -0.2) is 30.0 Å². The maximum atomic E-state index is 12.1. The first-order valence-corrected chi connectivity index (χ1v) is 8.07. The summed E-state index contributed by atoms with van der Waals surface area (Å²) in [4.78, 5) is 1.04. The maximum absolute atomic E-state index is 12.1. The number of nitrogens with one attached hydrogen (secondary N) is 2. The van der Waals surface area contributed by atoms with Gasteiger partial charge in [-0.15, -0.1) is 11.8 Å². The second-order valence-corrected chi connectivity index (χ2v) is 6.22. The Balaban J connectivity index is 2.26. The van der Waals surface area contributed by atoms with Crippen LogP contribution in [0.2, 0.25) is 0 Å². The van der Waals surface area contributed by atoms with Crippen molar-refractivity contribution in [1.29, 1.82) is 0 Å². The van der Waals surface area contributed by atoms with E-state index in [4.69, 9.17) is 5.11 Å². The zero-order valence-corrected chi connectivity index (χ0v) is 11.8. The minimum Gasteiger partial charge on any atom is -0.392 e. The topological polar surface area (TPSA) is 95.1 Å². The highest BCUT2D eigenvalue weighted by Crippen LogP contribution is 2.20. The Morgan fingerprint density at radius 2 is 2.05 bits per heavy atom. The van der Waals surface area contributed by atoms with Crippen LogP contribution in [0.25, 0.3) is 0 Å². The van der Waals surface area contributed by atoms with E-state index >= 15 is 0 Å². The molecule has 102 valence electrons. The molecule has 0 aliphatic rings. The highest BCUT2D eigenvalue weighted by atomic mass is 32.2. The molecule has 6 nitrogen and oxygen atoms in total. The summed E-state index contributed by atoms with van der Waals surface area (Å²) in [5.74, 6) is 0. The molecule has 0 amide bonds. The van der Waals surface area contributed by atoms with Gasteiger partial charge in [0.25, 0.3) is 10.0 Å². The van der Waals surface area contributed by atoms with Crippen molar-refractivity contribution >= 4 is 27.5 Å². The lowest BCUT2D eigenvalue weighted by molar-refractivity contribution is 0.278. The summed E-state index contributed by atoms with van der Waals surface area (Å²) in [5.41, 5.74) is 0.685. The Morgan fingerprint density at radius 3 is 2.63 bits per heavy atom. The molecule has 0 fully saturated rings. The number of anilines is 1. The lowest BCUT2D eigenvalue weighted by atomic mass is 10.3.